The Labute approximate surface area is 116 Å². The molecular weight excluding hydrogens is 264 g/mol. The molecule has 0 atom stereocenters. The molecule has 2 aromatic rings. The average molecular weight is 277 g/mol. The van der Waals surface area contributed by atoms with Crippen LogP contribution < -0.4 is 9.47 Å². The minimum atomic E-state index is -0.464. The number of benzene rings is 2. The first-order valence-corrected chi connectivity index (χ1v) is 6.18. The average Bonchev–Trinajstić information content (AvgIpc) is 2.40. The number of aryl methyl sites for hydroxylation is 1. The quantitative estimate of drug-likeness (QED) is 0.632. The van der Waals surface area contributed by atoms with Crippen molar-refractivity contribution in [1.29, 1.82) is 0 Å². The van der Waals surface area contributed by atoms with Crippen LogP contribution in [0.5, 0.6) is 11.5 Å². The Bertz CT molecular complexity index is 581. The zero-order valence-electron chi connectivity index (χ0n) is 10.4. The molecule has 0 aliphatic rings. The molecule has 0 saturated heterocycles. The fourth-order valence-electron chi connectivity index (χ4n) is 1.52. The zero-order valence-corrected chi connectivity index (χ0v) is 11.2. The minimum Gasteiger partial charge on any atom is -0.480 e. The summed E-state index contributed by atoms with van der Waals surface area (Å²) in [6.07, 6.45) is 0. The summed E-state index contributed by atoms with van der Waals surface area (Å²) in [6, 6.07) is 14.3. The predicted octanol–water partition coefficient (Wildman–Crippen LogP) is 3.63. The first-order valence-electron chi connectivity index (χ1n) is 5.80. The van der Waals surface area contributed by atoms with Crippen molar-refractivity contribution in [1.82, 2.24) is 0 Å². The van der Waals surface area contributed by atoms with Crippen LogP contribution in [0.25, 0.3) is 0 Å². The van der Waals surface area contributed by atoms with Crippen molar-refractivity contribution in [3.8, 4) is 11.5 Å². The fourth-order valence-corrected chi connectivity index (χ4v) is 1.71. The molecule has 0 aliphatic carbocycles. The van der Waals surface area contributed by atoms with Gasteiger partial charge in [0, 0.05) is 0 Å². The van der Waals surface area contributed by atoms with E-state index in [2.05, 4.69) is 0 Å². The maximum atomic E-state index is 11.7. The number of carbonyl (C=O) groups is 1. The van der Waals surface area contributed by atoms with Crippen LogP contribution in [0, 0.1) is 6.92 Å². The van der Waals surface area contributed by atoms with Crippen molar-refractivity contribution < 1.29 is 14.3 Å². The number of ether oxygens (including phenoxy) is 2. The van der Waals surface area contributed by atoms with E-state index in [-0.39, 0.29) is 6.61 Å². The molecule has 0 spiro atoms. The van der Waals surface area contributed by atoms with Gasteiger partial charge in [0.05, 0.1) is 5.02 Å². The molecule has 0 fully saturated rings. The van der Waals surface area contributed by atoms with Crippen molar-refractivity contribution in [3.05, 3.63) is 59.1 Å². The molecule has 0 N–H and O–H groups in total. The van der Waals surface area contributed by atoms with Crippen LogP contribution in [-0.4, -0.2) is 12.6 Å². The molecule has 0 amide bonds. The third kappa shape index (κ3) is 3.73. The van der Waals surface area contributed by atoms with Gasteiger partial charge in [-0.25, -0.2) is 4.79 Å². The summed E-state index contributed by atoms with van der Waals surface area (Å²) in [6.45, 7) is 1.69. The number of carbonyl (C=O) groups excluding carboxylic acids is 1. The Morgan fingerprint density at radius 1 is 1.05 bits per heavy atom. The minimum absolute atomic E-state index is 0.182. The Kier molecular flexibility index (Phi) is 4.42. The Morgan fingerprint density at radius 3 is 2.37 bits per heavy atom. The van der Waals surface area contributed by atoms with Crippen molar-refractivity contribution in [2.24, 2.45) is 0 Å². The highest BCUT2D eigenvalue weighted by atomic mass is 35.5. The van der Waals surface area contributed by atoms with E-state index < -0.39 is 5.97 Å². The van der Waals surface area contributed by atoms with Crippen LogP contribution >= 0.6 is 11.6 Å². The zero-order chi connectivity index (χ0) is 13.7. The first-order chi connectivity index (χ1) is 9.16. The summed E-state index contributed by atoms with van der Waals surface area (Å²) in [4.78, 5) is 11.7. The second kappa shape index (κ2) is 6.25. The highest BCUT2D eigenvalue weighted by Crippen LogP contribution is 2.23. The van der Waals surface area contributed by atoms with Gasteiger partial charge in [-0.2, -0.15) is 0 Å². The molecule has 19 heavy (non-hydrogen) atoms. The van der Waals surface area contributed by atoms with Gasteiger partial charge in [-0.3, -0.25) is 0 Å². The molecule has 0 saturated carbocycles. The molecule has 0 aliphatic heterocycles. The van der Waals surface area contributed by atoms with E-state index in [1.54, 1.807) is 30.3 Å². The van der Waals surface area contributed by atoms with Gasteiger partial charge in [-0.05, 0) is 30.7 Å². The molecule has 3 nitrogen and oxygen atoms in total. The topological polar surface area (TPSA) is 35.5 Å². The van der Waals surface area contributed by atoms with Crippen molar-refractivity contribution in [2.45, 2.75) is 6.92 Å². The second-order valence-electron chi connectivity index (χ2n) is 3.96. The standard InChI is InChI=1S/C15H13ClO3/c1-11-6-2-4-8-13(11)19-15(17)10-18-14-9-5-3-7-12(14)16/h2-9H,10H2,1H3. The van der Waals surface area contributed by atoms with E-state index in [1.165, 1.54) is 0 Å². The van der Waals surface area contributed by atoms with Gasteiger partial charge in [-0.15, -0.1) is 0 Å². The van der Waals surface area contributed by atoms with Crippen LogP contribution in [0.4, 0.5) is 0 Å². The summed E-state index contributed by atoms with van der Waals surface area (Å²) in [5, 5.41) is 0.464. The van der Waals surface area contributed by atoms with Gasteiger partial charge in [-0.1, -0.05) is 41.9 Å². The number of esters is 1. The monoisotopic (exact) mass is 276 g/mol. The highest BCUT2D eigenvalue weighted by molar-refractivity contribution is 6.32. The molecule has 0 aromatic heterocycles. The van der Waals surface area contributed by atoms with E-state index in [0.29, 0.717) is 16.5 Å². The molecule has 98 valence electrons. The molecule has 0 unspecified atom stereocenters. The lowest BCUT2D eigenvalue weighted by atomic mass is 10.2. The largest absolute Gasteiger partial charge is 0.480 e. The summed E-state index contributed by atoms with van der Waals surface area (Å²) >= 11 is 5.92. The lowest BCUT2D eigenvalue weighted by Crippen LogP contribution is -2.18. The van der Waals surface area contributed by atoms with E-state index in [4.69, 9.17) is 21.1 Å². The van der Waals surface area contributed by atoms with Crippen LogP contribution in [-0.2, 0) is 4.79 Å². The normalized spacial score (nSPS) is 10.0. The third-order valence-electron chi connectivity index (χ3n) is 2.50. The predicted molar refractivity (Wildman–Crippen MR) is 73.8 cm³/mol. The van der Waals surface area contributed by atoms with Crippen LogP contribution in [0.3, 0.4) is 0 Å². The van der Waals surface area contributed by atoms with E-state index in [9.17, 15) is 4.79 Å². The maximum Gasteiger partial charge on any atom is 0.349 e. The molecular formula is C15H13ClO3. The Balaban J connectivity index is 1.92. The Morgan fingerprint density at radius 2 is 1.68 bits per heavy atom. The summed E-state index contributed by atoms with van der Waals surface area (Å²) in [7, 11) is 0. The van der Waals surface area contributed by atoms with E-state index in [0.717, 1.165) is 5.56 Å². The van der Waals surface area contributed by atoms with Crippen LogP contribution in [0.1, 0.15) is 5.56 Å². The lowest BCUT2D eigenvalue weighted by Gasteiger charge is -2.09. The van der Waals surface area contributed by atoms with Crippen molar-refractivity contribution in [2.75, 3.05) is 6.61 Å². The Hall–Kier alpha value is -2.00. The highest BCUT2D eigenvalue weighted by Gasteiger charge is 2.09. The van der Waals surface area contributed by atoms with E-state index >= 15 is 0 Å². The summed E-state index contributed by atoms with van der Waals surface area (Å²) < 4.78 is 10.5. The van der Waals surface area contributed by atoms with E-state index in [1.807, 2.05) is 25.1 Å². The van der Waals surface area contributed by atoms with Gasteiger partial charge in [0.2, 0.25) is 0 Å². The maximum absolute atomic E-state index is 11.7. The lowest BCUT2D eigenvalue weighted by molar-refractivity contribution is -0.136. The number of halogens is 1. The first kappa shape index (κ1) is 13.4. The molecule has 0 bridgehead atoms. The number of para-hydroxylation sites is 2. The number of hydrogen-bond donors (Lipinski definition) is 0. The fraction of sp³-hybridized carbons (Fsp3) is 0.133. The molecule has 0 heterocycles. The van der Waals surface area contributed by atoms with Gasteiger partial charge in [0.1, 0.15) is 11.5 Å². The molecule has 4 heteroatoms. The smallest absolute Gasteiger partial charge is 0.349 e. The van der Waals surface area contributed by atoms with Gasteiger partial charge in [0.15, 0.2) is 6.61 Å². The van der Waals surface area contributed by atoms with Gasteiger partial charge >= 0.3 is 5.97 Å². The van der Waals surface area contributed by atoms with Gasteiger partial charge in [0.25, 0.3) is 0 Å². The van der Waals surface area contributed by atoms with Crippen LogP contribution in [0.2, 0.25) is 5.02 Å². The van der Waals surface area contributed by atoms with Gasteiger partial charge < -0.3 is 9.47 Å². The third-order valence-corrected chi connectivity index (χ3v) is 2.81. The van der Waals surface area contributed by atoms with Crippen molar-refractivity contribution >= 4 is 17.6 Å². The SMILES string of the molecule is Cc1ccccc1OC(=O)COc1ccccc1Cl. The summed E-state index contributed by atoms with van der Waals surface area (Å²) in [5.41, 5.74) is 0.897. The van der Waals surface area contributed by atoms with Crippen LogP contribution in [0.15, 0.2) is 48.5 Å². The second-order valence-corrected chi connectivity index (χ2v) is 4.37. The molecule has 2 rings (SSSR count). The molecule has 2 aromatic carbocycles. The van der Waals surface area contributed by atoms with Crippen molar-refractivity contribution in [3.63, 3.8) is 0 Å². The molecule has 0 radical (unpaired) electrons. The number of rotatable bonds is 4. The number of hydrogen-bond acceptors (Lipinski definition) is 3. The summed E-state index contributed by atoms with van der Waals surface area (Å²) in [5.74, 6) is 0.537.